The van der Waals surface area contributed by atoms with Crippen LogP contribution in [0.2, 0.25) is 0 Å². The summed E-state index contributed by atoms with van der Waals surface area (Å²) < 4.78 is 15.0. The van der Waals surface area contributed by atoms with Gasteiger partial charge in [0.1, 0.15) is 5.82 Å². The maximum atomic E-state index is 13.1. The first-order chi connectivity index (χ1) is 11.0. The molecule has 1 aromatic heterocycles. The van der Waals surface area contributed by atoms with Crippen LogP contribution in [-0.4, -0.2) is 27.0 Å². The average Bonchev–Trinajstić information content (AvgIpc) is 2.82. The van der Waals surface area contributed by atoms with Gasteiger partial charge >= 0.3 is 0 Å². The van der Waals surface area contributed by atoms with E-state index >= 15 is 0 Å². The van der Waals surface area contributed by atoms with Crippen LogP contribution in [-0.2, 0) is 6.54 Å². The molecule has 124 valence electrons. The Labute approximate surface area is 136 Å². The topological polar surface area (TPSA) is 50.1 Å². The first kappa shape index (κ1) is 16.1. The Morgan fingerprint density at radius 1 is 1.17 bits per heavy atom. The minimum absolute atomic E-state index is 0.127. The Morgan fingerprint density at radius 2 is 1.83 bits per heavy atom. The van der Waals surface area contributed by atoms with Crippen LogP contribution >= 0.6 is 0 Å². The van der Waals surface area contributed by atoms with Crippen molar-refractivity contribution in [2.45, 2.75) is 58.2 Å². The molecule has 3 rings (SSSR count). The zero-order chi connectivity index (χ0) is 16.4. The second kappa shape index (κ2) is 6.81. The molecule has 1 aromatic carbocycles. The van der Waals surface area contributed by atoms with Gasteiger partial charge in [0.15, 0.2) is 0 Å². The molecule has 1 fully saturated rings. The van der Waals surface area contributed by atoms with Gasteiger partial charge in [-0.1, -0.05) is 0 Å². The number of aryl methyl sites for hydroxylation is 1. The molecule has 2 aromatic rings. The third-order valence-electron chi connectivity index (χ3n) is 4.78. The van der Waals surface area contributed by atoms with Crippen LogP contribution in [0, 0.1) is 19.7 Å². The fraction of sp³-hybridized carbons (Fsp3) is 0.500. The van der Waals surface area contributed by atoms with Gasteiger partial charge in [-0.05, 0) is 63.8 Å². The summed E-state index contributed by atoms with van der Waals surface area (Å²) in [6, 6.07) is 6.86. The van der Waals surface area contributed by atoms with Gasteiger partial charge in [0.25, 0.3) is 0 Å². The van der Waals surface area contributed by atoms with Gasteiger partial charge in [0.05, 0.1) is 17.5 Å². The number of rotatable bonds is 4. The SMILES string of the molecule is Cc1nn(-c2ccc(F)cc2)c(C)c1CNC1CCC(O)CC1. The predicted molar refractivity (Wildman–Crippen MR) is 88.1 cm³/mol. The van der Waals surface area contributed by atoms with E-state index in [0.717, 1.165) is 49.3 Å². The van der Waals surface area contributed by atoms with E-state index in [1.54, 1.807) is 12.1 Å². The minimum atomic E-state index is -0.239. The van der Waals surface area contributed by atoms with Crippen molar-refractivity contribution in [2.24, 2.45) is 0 Å². The highest BCUT2D eigenvalue weighted by Gasteiger charge is 2.20. The molecule has 2 N–H and O–H groups in total. The largest absolute Gasteiger partial charge is 0.393 e. The van der Waals surface area contributed by atoms with E-state index in [-0.39, 0.29) is 11.9 Å². The van der Waals surface area contributed by atoms with Crippen molar-refractivity contribution in [3.8, 4) is 5.69 Å². The quantitative estimate of drug-likeness (QED) is 0.911. The summed E-state index contributed by atoms with van der Waals surface area (Å²) >= 11 is 0. The summed E-state index contributed by atoms with van der Waals surface area (Å²) in [6.45, 7) is 4.83. The van der Waals surface area contributed by atoms with E-state index in [2.05, 4.69) is 10.4 Å². The van der Waals surface area contributed by atoms with Gasteiger partial charge in [-0.25, -0.2) is 9.07 Å². The van der Waals surface area contributed by atoms with E-state index in [1.165, 1.54) is 17.7 Å². The molecule has 1 aliphatic rings. The van der Waals surface area contributed by atoms with E-state index in [0.29, 0.717) is 6.04 Å². The lowest BCUT2D eigenvalue weighted by Crippen LogP contribution is -2.34. The molecule has 0 saturated heterocycles. The molecule has 0 atom stereocenters. The molecule has 5 heteroatoms. The number of nitrogens with zero attached hydrogens (tertiary/aromatic N) is 2. The van der Waals surface area contributed by atoms with Gasteiger partial charge in [-0.15, -0.1) is 0 Å². The third-order valence-corrected chi connectivity index (χ3v) is 4.78. The summed E-state index contributed by atoms with van der Waals surface area (Å²) in [7, 11) is 0. The molecular formula is C18H24FN3O. The molecule has 4 nitrogen and oxygen atoms in total. The van der Waals surface area contributed by atoms with Gasteiger partial charge < -0.3 is 10.4 Å². The van der Waals surface area contributed by atoms with Crippen LogP contribution < -0.4 is 5.32 Å². The molecule has 0 aliphatic heterocycles. The standard InChI is InChI=1S/C18H24FN3O/c1-12-18(11-20-15-5-9-17(23)10-6-15)13(2)22(21-12)16-7-3-14(19)4-8-16/h3-4,7-8,15,17,20,23H,5-6,9-11H2,1-2H3. The normalized spacial score (nSPS) is 21.6. The summed E-state index contributed by atoms with van der Waals surface area (Å²) in [5, 5.41) is 17.8. The Morgan fingerprint density at radius 3 is 2.48 bits per heavy atom. The summed E-state index contributed by atoms with van der Waals surface area (Å²) in [5.74, 6) is -0.239. The molecule has 1 heterocycles. The first-order valence-corrected chi connectivity index (χ1v) is 8.27. The van der Waals surface area contributed by atoms with Crippen LogP contribution in [0.3, 0.4) is 0 Å². The Bertz CT molecular complexity index is 658. The van der Waals surface area contributed by atoms with Crippen LogP contribution in [0.1, 0.15) is 42.6 Å². The van der Waals surface area contributed by atoms with Crippen LogP contribution in [0.25, 0.3) is 5.69 Å². The van der Waals surface area contributed by atoms with Gasteiger partial charge in [0.2, 0.25) is 0 Å². The second-order valence-corrected chi connectivity index (χ2v) is 6.42. The molecule has 0 spiro atoms. The maximum absolute atomic E-state index is 13.1. The van der Waals surface area contributed by atoms with Crippen molar-refractivity contribution < 1.29 is 9.50 Å². The smallest absolute Gasteiger partial charge is 0.123 e. The Kier molecular flexibility index (Phi) is 4.78. The fourth-order valence-corrected chi connectivity index (χ4v) is 3.29. The highest BCUT2D eigenvalue weighted by Crippen LogP contribution is 2.21. The molecule has 0 unspecified atom stereocenters. The lowest BCUT2D eigenvalue weighted by molar-refractivity contribution is 0.116. The zero-order valence-electron chi connectivity index (χ0n) is 13.7. The van der Waals surface area contributed by atoms with Crippen LogP contribution in [0.5, 0.6) is 0 Å². The van der Waals surface area contributed by atoms with Gasteiger partial charge in [-0.3, -0.25) is 0 Å². The number of benzene rings is 1. The van der Waals surface area contributed by atoms with Crippen molar-refractivity contribution >= 4 is 0 Å². The lowest BCUT2D eigenvalue weighted by Gasteiger charge is -2.26. The second-order valence-electron chi connectivity index (χ2n) is 6.42. The predicted octanol–water partition coefficient (Wildman–Crippen LogP) is 3.02. The molecule has 23 heavy (non-hydrogen) atoms. The number of aliphatic hydroxyl groups is 1. The molecule has 0 bridgehead atoms. The van der Waals surface area contributed by atoms with Crippen molar-refractivity contribution in [3.05, 3.63) is 47.0 Å². The van der Waals surface area contributed by atoms with Crippen molar-refractivity contribution in [3.63, 3.8) is 0 Å². The van der Waals surface area contributed by atoms with Crippen molar-refractivity contribution in [1.82, 2.24) is 15.1 Å². The Hall–Kier alpha value is -1.72. The third kappa shape index (κ3) is 3.62. The minimum Gasteiger partial charge on any atom is -0.393 e. The van der Waals surface area contributed by atoms with Gasteiger partial charge in [-0.2, -0.15) is 5.10 Å². The maximum Gasteiger partial charge on any atom is 0.123 e. The number of nitrogens with one attached hydrogen (secondary N) is 1. The highest BCUT2D eigenvalue weighted by molar-refractivity contribution is 5.37. The number of halogens is 1. The van der Waals surface area contributed by atoms with Crippen LogP contribution in [0.4, 0.5) is 4.39 Å². The average molecular weight is 317 g/mol. The molecule has 0 radical (unpaired) electrons. The summed E-state index contributed by atoms with van der Waals surface area (Å²) in [4.78, 5) is 0. The Balaban J connectivity index is 1.72. The molecule has 1 aliphatic carbocycles. The zero-order valence-corrected chi connectivity index (χ0v) is 13.7. The molecular weight excluding hydrogens is 293 g/mol. The number of aromatic nitrogens is 2. The van der Waals surface area contributed by atoms with E-state index in [9.17, 15) is 9.50 Å². The summed E-state index contributed by atoms with van der Waals surface area (Å²) in [6.07, 6.45) is 3.67. The number of hydrogen-bond acceptors (Lipinski definition) is 3. The fourth-order valence-electron chi connectivity index (χ4n) is 3.29. The van der Waals surface area contributed by atoms with Crippen LogP contribution in [0.15, 0.2) is 24.3 Å². The van der Waals surface area contributed by atoms with E-state index < -0.39 is 0 Å². The molecule has 1 saturated carbocycles. The highest BCUT2D eigenvalue weighted by atomic mass is 19.1. The monoisotopic (exact) mass is 317 g/mol. The van der Waals surface area contributed by atoms with Crippen molar-refractivity contribution in [2.75, 3.05) is 0 Å². The summed E-state index contributed by atoms with van der Waals surface area (Å²) in [5.41, 5.74) is 4.15. The number of hydrogen-bond donors (Lipinski definition) is 2. The molecule has 0 amide bonds. The van der Waals surface area contributed by atoms with E-state index in [1.807, 2.05) is 18.5 Å². The van der Waals surface area contributed by atoms with Crippen molar-refractivity contribution in [1.29, 1.82) is 0 Å². The lowest BCUT2D eigenvalue weighted by atomic mass is 9.93. The first-order valence-electron chi connectivity index (χ1n) is 8.27. The van der Waals surface area contributed by atoms with Gasteiger partial charge in [0, 0.05) is 23.8 Å². The van der Waals surface area contributed by atoms with E-state index in [4.69, 9.17) is 0 Å². The number of aliphatic hydroxyl groups excluding tert-OH is 1.